The molecule has 0 spiro atoms. The standard InChI is InChI=1S/C51H57F3N10O4/c1-30-24-34(50(67)63-16-10-32(11-17-63)28-60-20-22-62(23-21-60)43-6-4-35(26-38(43)52)57-41-5-7-45(65)58-49(41)66)25-39(53)46(30)33-12-18-61(19-13-33)31(2)44-27-37-42(9-15-56-48(37)59(44)3)64-29-40(54)47-36(51(64)68)8-14-55-47/h4,6,9,12,15,24-27,29,31-32,41,55,57H,5,7-8,10-11,13-14,16-23,28H2,1-3H3,(H,58,65,66)/t31-,41?/m0/s1. The minimum Gasteiger partial charge on any atom is -0.382 e. The Morgan fingerprint density at radius 3 is 2.40 bits per heavy atom. The van der Waals surface area contributed by atoms with E-state index in [9.17, 15) is 19.2 Å². The molecular weight excluding hydrogens is 874 g/mol. The van der Waals surface area contributed by atoms with Crippen molar-refractivity contribution in [3.63, 3.8) is 0 Å². The second-order valence-electron chi connectivity index (χ2n) is 19.0. The van der Waals surface area contributed by atoms with Crippen LogP contribution in [0.1, 0.15) is 77.8 Å². The monoisotopic (exact) mass is 930 g/mol. The number of likely N-dealkylation sites (tertiary alicyclic amines) is 1. The van der Waals surface area contributed by atoms with Crippen LogP contribution in [-0.2, 0) is 23.1 Å². The number of nitrogens with one attached hydrogen (secondary N) is 3. The lowest BCUT2D eigenvalue weighted by molar-refractivity contribution is -0.133. The lowest BCUT2D eigenvalue weighted by Crippen LogP contribution is -2.49. The van der Waals surface area contributed by atoms with Gasteiger partial charge in [0, 0.05) is 125 Å². The van der Waals surface area contributed by atoms with E-state index in [1.807, 2.05) is 40.5 Å². The molecule has 0 bridgehead atoms. The number of carbonyl (C=O) groups is 3. The van der Waals surface area contributed by atoms with Gasteiger partial charge in [-0.3, -0.25) is 38.9 Å². The maximum atomic E-state index is 16.1. The molecule has 2 atom stereocenters. The van der Waals surface area contributed by atoms with E-state index in [1.54, 1.807) is 24.4 Å². The van der Waals surface area contributed by atoms with E-state index >= 15 is 13.2 Å². The van der Waals surface area contributed by atoms with Gasteiger partial charge in [-0.15, -0.1) is 0 Å². The summed E-state index contributed by atoms with van der Waals surface area (Å²) in [5, 5.41) is 9.10. The van der Waals surface area contributed by atoms with Crippen LogP contribution >= 0.6 is 0 Å². The number of aromatic nitrogens is 3. The van der Waals surface area contributed by atoms with Crippen LogP contribution in [0.5, 0.6) is 0 Å². The third-order valence-electron chi connectivity index (χ3n) is 14.9. The molecule has 1 unspecified atom stereocenters. The summed E-state index contributed by atoms with van der Waals surface area (Å²) in [6, 6.07) is 11.3. The van der Waals surface area contributed by atoms with Crippen LogP contribution < -0.4 is 26.4 Å². The topological polar surface area (TPSA) is 140 Å². The predicted molar refractivity (Wildman–Crippen MR) is 256 cm³/mol. The van der Waals surface area contributed by atoms with E-state index in [1.165, 1.54) is 22.9 Å². The van der Waals surface area contributed by atoms with E-state index < -0.39 is 23.6 Å². The van der Waals surface area contributed by atoms with E-state index in [-0.39, 0.29) is 41.3 Å². The molecule has 3 saturated heterocycles. The Morgan fingerprint density at radius 2 is 1.68 bits per heavy atom. The second kappa shape index (κ2) is 18.6. The molecule has 5 aromatic rings. The largest absolute Gasteiger partial charge is 0.382 e. The van der Waals surface area contributed by atoms with Crippen molar-refractivity contribution in [1.82, 2.24) is 34.1 Å². The number of benzene rings is 2. The second-order valence-corrected chi connectivity index (χ2v) is 19.0. The molecule has 10 rings (SSSR count). The van der Waals surface area contributed by atoms with Crippen molar-refractivity contribution in [2.75, 3.05) is 81.0 Å². The van der Waals surface area contributed by atoms with Crippen molar-refractivity contribution in [2.45, 2.75) is 64.5 Å². The number of pyridine rings is 2. The molecule has 0 saturated carbocycles. The van der Waals surface area contributed by atoms with E-state index in [2.05, 4.69) is 43.7 Å². The molecule has 68 heavy (non-hydrogen) atoms. The SMILES string of the molecule is Cc1cc(C(=O)N2CCC(CN3CCN(c4ccc(NC5CCC(=O)NC5=O)cc4F)CC3)CC2)cc(F)c1C1=CCN([C@@H](C)c2cc3c(-n4cc(F)c5c(c4=O)CCN5)ccnc3n2C)CC1. The number of nitrogens with zero attached hydrogens (tertiary/aromatic N) is 7. The highest BCUT2D eigenvalue weighted by Crippen LogP contribution is 2.35. The summed E-state index contributed by atoms with van der Waals surface area (Å²) >= 11 is 0. The van der Waals surface area contributed by atoms with Gasteiger partial charge in [-0.05, 0) is 105 Å². The zero-order chi connectivity index (χ0) is 47.4. The molecule has 3 N–H and O–H groups in total. The average Bonchev–Trinajstić information content (AvgIpc) is 3.97. The van der Waals surface area contributed by atoms with Crippen molar-refractivity contribution in [1.29, 1.82) is 0 Å². The number of hydrogen-bond acceptors (Lipinski definition) is 10. The molecule has 3 fully saturated rings. The van der Waals surface area contributed by atoms with Crippen LogP contribution in [0.3, 0.4) is 0 Å². The highest BCUT2D eigenvalue weighted by molar-refractivity contribution is 6.01. The zero-order valence-electron chi connectivity index (χ0n) is 38.7. The van der Waals surface area contributed by atoms with Crippen molar-refractivity contribution in [2.24, 2.45) is 13.0 Å². The van der Waals surface area contributed by atoms with Crippen LogP contribution in [0.4, 0.5) is 30.2 Å². The molecule has 5 aliphatic heterocycles. The fraction of sp³-hybridized carbons (Fsp3) is 0.431. The third kappa shape index (κ3) is 8.66. The molecule has 2 aromatic carbocycles. The molecule has 3 amide bonds. The smallest absolute Gasteiger partial charge is 0.260 e. The Morgan fingerprint density at radius 1 is 0.882 bits per heavy atom. The van der Waals surface area contributed by atoms with Crippen LogP contribution in [0, 0.1) is 30.3 Å². The Labute approximate surface area is 392 Å². The van der Waals surface area contributed by atoms with Gasteiger partial charge in [0.25, 0.3) is 11.5 Å². The molecule has 356 valence electrons. The highest BCUT2D eigenvalue weighted by Gasteiger charge is 2.31. The van der Waals surface area contributed by atoms with Gasteiger partial charge in [0.1, 0.15) is 23.3 Å². The number of piperazine rings is 1. The van der Waals surface area contributed by atoms with Gasteiger partial charge in [-0.2, -0.15) is 0 Å². The first kappa shape index (κ1) is 45.3. The summed E-state index contributed by atoms with van der Waals surface area (Å²) in [5.41, 5.74) is 6.34. The van der Waals surface area contributed by atoms with Crippen LogP contribution in [0.25, 0.3) is 22.3 Å². The van der Waals surface area contributed by atoms with Gasteiger partial charge < -0.3 is 25.0 Å². The summed E-state index contributed by atoms with van der Waals surface area (Å²) in [4.78, 5) is 64.1. The number of carbonyl (C=O) groups excluding carboxylic acids is 3. The highest BCUT2D eigenvalue weighted by atomic mass is 19.1. The molecular formula is C51H57F3N10O4. The zero-order valence-corrected chi connectivity index (χ0v) is 38.7. The van der Waals surface area contributed by atoms with E-state index in [0.29, 0.717) is 110 Å². The number of piperidine rings is 2. The van der Waals surface area contributed by atoms with E-state index in [4.69, 9.17) is 0 Å². The molecule has 8 heterocycles. The Bertz CT molecular complexity index is 2890. The van der Waals surface area contributed by atoms with Crippen molar-refractivity contribution >= 4 is 51.4 Å². The van der Waals surface area contributed by atoms with Gasteiger partial charge >= 0.3 is 0 Å². The first-order chi connectivity index (χ1) is 32.8. The summed E-state index contributed by atoms with van der Waals surface area (Å²) in [5.74, 6) is -1.64. The van der Waals surface area contributed by atoms with Crippen molar-refractivity contribution < 1.29 is 27.6 Å². The molecule has 14 nitrogen and oxygen atoms in total. The number of halogens is 3. The van der Waals surface area contributed by atoms with Gasteiger partial charge in [-0.1, -0.05) is 6.08 Å². The van der Waals surface area contributed by atoms with Gasteiger partial charge in [0.2, 0.25) is 11.8 Å². The Hall–Kier alpha value is -6.46. The first-order valence-corrected chi connectivity index (χ1v) is 23.8. The van der Waals surface area contributed by atoms with Crippen molar-refractivity contribution in [3.05, 3.63) is 117 Å². The van der Waals surface area contributed by atoms with Gasteiger partial charge in [0.15, 0.2) is 5.82 Å². The lowest BCUT2D eigenvalue weighted by atomic mass is 9.92. The molecule has 5 aliphatic rings. The summed E-state index contributed by atoms with van der Waals surface area (Å²) in [7, 11) is 1.95. The van der Waals surface area contributed by atoms with Gasteiger partial charge in [0.05, 0.1) is 23.3 Å². The quantitative estimate of drug-likeness (QED) is 0.140. The Kier molecular flexibility index (Phi) is 12.4. The van der Waals surface area contributed by atoms with Crippen LogP contribution in [0.15, 0.2) is 65.7 Å². The number of hydrogen-bond donors (Lipinski definition) is 3. The predicted octanol–water partition coefficient (Wildman–Crippen LogP) is 6.16. The van der Waals surface area contributed by atoms with Crippen LogP contribution in [0.2, 0.25) is 0 Å². The number of aryl methyl sites for hydroxylation is 2. The minimum absolute atomic E-state index is 0.0435. The van der Waals surface area contributed by atoms with Gasteiger partial charge in [-0.25, -0.2) is 18.2 Å². The number of amides is 3. The first-order valence-electron chi connectivity index (χ1n) is 23.8. The number of rotatable bonds is 10. The number of anilines is 3. The van der Waals surface area contributed by atoms with Crippen molar-refractivity contribution in [3.8, 4) is 5.69 Å². The summed E-state index contributed by atoms with van der Waals surface area (Å²) < 4.78 is 49.8. The summed E-state index contributed by atoms with van der Waals surface area (Å²) in [6.07, 6.45) is 8.39. The minimum atomic E-state index is -0.577. The third-order valence-corrected chi connectivity index (χ3v) is 14.9. The fourth-order valence-corrected chi connectivity index (χ4v) is 11.0. The number of imide groups is 1. The maximum Gasteiger partial charge on any atom is 0.260 e. The van der Waals surface area contributed by atoms with Crippen LogP contribution in [-0.4, -0.2) is 118 Å². The fourth-order valence-electron chi connectivity index (χ4n) is 11.0. The summed E-state index contributed by atoms with van der Waals surface area (Å²) in [6.45, 7) is 10.8. The number of fused-ring (bicyclic) bond motifs is 2. The maximum absolute atomic E-state index is 16.1. The molecule has 0 radical (unpaired) electrons. The average molecular weight is 931 g/mol. The van der Waals surface area contributed by atoms with E-state index in [0.717, 1.165) is 54.7 Å². The molecule has 17 heteroatoms. The molecule has 3 aromatic heterocycles. The lowest BCUT2D eigenvalue weighted by Gasteiger charge is -2.39. The normalized spacial score (nSPS) is 20.0. The Balaban J connectivity index is 0.720. The molecule has 0 aliphatic carbocycles.